The van der Waals surface area contributed by atoms with Crippen LogP contribution in [0.1, 0.15) is 56.8 Å². The van der Waals surface area contributed by atoms with Crippen LogP contribution in [0.3, 0.4) is 0 Å². The average molecular weight is 517 g/mol. The van der Waals surface area contributed by atoms with Gasteiger partial charge in [0, 0.05) is 37.2 Å². The zero-order valence-corrected chi connectivity index (χ0v) is 21.5. The number of ether oxygens (including phenoxy) is 2. The third-order valence-electron chi connectivity index (χ3n) is 7.40. The Hall–Kier alpha value is -3.50. The first kappa shape index (κ1) is 25.2. The minimum absolute atomic E-state index is 0.171. The second kappa shape index (κ2) is 8.81. The van der Waals surface area contributed by atoms with Crippen LogP contribution in [-0.4, -0.2) is 65.4 Å². The molecule has 3 N–H and O–H groups in total. The van der Waals surface area contributed by atoms with Gasteiger partial charge < -0.3 is 30.2 Å². The lowest BCUT2D eigenvalue weighted by molar-refractivity contribution is 0.0477. The molecular weight excluding hydrogens is 483 g/mol. The Labute approximate surface area is 213 Å². The van der Waals surface area contributed by atoms with Crippen LogP contribution in [0, 0.1) is 5.92 Å². The third kappa shape index (κ3) is 4.78. The highest BCUT2D eigenvalue weighted by Gasteiger charge is 2.53. The number of nitrogens with zero attached hydrogens (tertiary/aromatic N) is 2. The van der Waals surface area contributed by atoms with Gasteiger partial charge in [0.05, 0.1) is 24.2 Å². The minimum atomic E-state index is -1.35. The van der Waals surface area contributed by atoms with Gasteiger partial charge in [-0.1, -0.05) is 0 Å². The van der Waals surface area contributed by atoms with E-state index in [1.807, 2.05) is 20.8 Å². The molecule has 2 saturated carbocycles. The van der Waals surface area contributed by atoms with Gasteiger partial charge in [-0.05, 0) is 52.2 Å². The number of anilines is 1. The molecular formula is C26H33FN4O6. The summed E-state index contributed by atoms with van der Waals surface area (Å²) in [6.45, 7) is 6.88. The highest BCUT2D eigenvalue weighted by Crippen LogP contribution is 2.48. The van der Waals surface area contributed by atoms with E-state index in [2.05, 4.69) is 15.6 Å². The van der Waals surface area contributed by atoms with Gasteiger partial charge in [-0.2, -0.15) is 0 Å². The van der Waals surface area contributed by atoms with E-state index in [0.717, 1.165) is 24.9 Å². The maximum Gasteiger partial charge on any atom is 0.408 e. The maximum absolute atomic E-state index is 13.7. The first-order chi connectivity index (χ1) is 17.4. The van der Waals surface area contributed by atoms with Crippen molar-refractivity contribution in [3.63, 3.8) is 0 Å². The van der Waals surface area contributed by atoms with E-state index in [9.17, 15) is 23.9 Å². The molecule has 200 valence electrons. The maximum atomic E-state index is 13.7. The van der Waals surface area contributed by atoms with Gasteiger partial charge in [0.25, 0.3) is 0 Å². The number of carbonyl (C=O) groups excluding carboxylic acids is 1. The second-order valence-corrected chi connectivity index (χ2v) is 11.3. The summed E-state index contributed by atoms with van der Waals surface area (Å²) in [4.78, 5) is 39.3. The number of methoxy groups -OCH3 is 1. The van der Waals surface area contributed by atoms with Crippen LogP contribution < -0.4 is 25.8 Å². The Balaban J connectivity index is 1.46. The minimum Gasteiger partial charge on any atom is -0.492 e. The number of nitrogens with one attached hydrogen (secondary N) is 2. The molecule has 1 saturated heterocycles. The molecule has 0 bridgehead atoms. The molecule has 2 aromatic rings. The predicted octanol–water partition coefficient (Wildman–Crippen LogP) is 3.25. The number of pyridine rings is 1. The van der Waals surface area contributed by atoms with Gasteiger partial charge in [-0.3, -0.25) is 9.47 Å². The van der Waals surface area contributed by atoms with Crippen molar-refractivity contribution in [2.75, 3.05) is 30.5 Å². The van der Waals surface area contributed by atoms with E-state index >= 15 is 0 Å². The van der Waals surface area contributed by atoms with Crippen molar-refractivity contribution < 1.29 is 28.6 Å². The van der Waals surface area contributed by atoms with Gasteiger partial charge in [0.15, 0.2) is 5.75 Å². The molecule has 3 unspecified atom stereocenters. The molecule has 5 rings (SSSR count). The fourth-order valence-corrected chi connectivity index (χ4v) is 5.27. The number of aromatic nitrogens is 1. The summed E-state index contributed by atoms with van der Waals surface area (Å²) in [6.07, 6.45) is 2.66. The van der Waals surface area contributed by atoms with Gasteiger partial charge in [0.2, 0.25) is 5.43 Å². The molecule has 1 aliphatic heterocycles. The molecule has 3 aliphatic rings. The Bertz CT molecular complexity index is 1310. The molecule has 10 nitrogen and oxygen atoms in total. The Morgan fingerprint density at radius 2 is 1.95 bits per heavy atom. The fraction of sp³-hybridized carbons (Fsp3) is 0.577. The lowest BCUT2D eigenvalue weighted by Crippen LogP contribution is -2.45. The molecule has 3 fully saturated rings. The molecule has 1 amide bonds. The first-order valence-corrected chi connectivity index (χ1v) is 12.6. The SMILES string of the molecule is COc1c(N2CCC(C3(NC(=O)OC(C)(C)C)CC3)C2)ccc2c(=O)c(C(=O)O)cn(NC3CC3F)c12. The van der Waals surface area contributed by atoms with Crippen molar-refractivity contribution in [1.82, 2.24) is 9.99 Å². The smallest absolute Gasteiger partial charge is 0.408 e. The number of alkyl carbamates (subject to hydrolysis) is 1. The van der Waals surface area contributed by atoms with Gasteiger partial charge in [0.1, 0.15) is 22.9 Å². The van der Waals surface area contributed by atoms with Crippen LogP contribution in [0.25, 0.3) is 10.9 Å². The van der Waals surface area contributed by atoms with Crippen molar-refractivity contribution in [3.8, 4) is 5.75 Å². The van der Waals surface area contributed by atoms with Crippen molar-refractivity contribution >= 4 is 28.7 Å². The van der Waals surface area contributed by atoms with Crippen LogP contribution in [-0.2, 0) is 4.74 Å². The fourth-order valence-electron chi connectivity index (χ4n) is 5.27. The summed E-state index contributed by atoms with van der Waals surface area (Å²) in [7, 11) is 1.49. The lowest BCUT2D eigenvalue weighted by Gasteiger charge is -2.28. The molecule has 2 heterocycles. The van der Waals surface area contributed by atoms with E-state index < -0.39 is 40.9 Å². The summed E-state index contributed by atoms with van der Waals surface area (Å²) in [5.74, 6) is -0.748. The van der Waals surface area contributed by atoms with Crippen molar-refractivity contribution in [2.45, 2.75) is 69.8 Å². The van der Waals surface area contributed by atoms with Crippen LogP contribution >= 0.6 is 0 Å². The molecule has 1 aromatic heterocycles. The van der Waals surface area contributed by atoms with Crippen LogP contribution in [0.5, 0.6) is 5.75 Å². The summed E-state index contributed by atoms with van der Waals surface area (Å²) < 4.78 is 26.4. The largest absolute Gasteiger partial charge is 0.492 e. The number of rotatable bonds is 7. The Morgan fingerprint density at radius 3 is 2.51 bits per heavy atom. The quantitative estimate of drug-likeness (QED) is 0.513. The number of hydrogen-bond acceptors (Lipinski definition) is 7. The van der Waals surface area contributed by atoms with E-state index in [1.165, 1.54) is 18.0 Å². The summed E-state index contributed by atoms with van der Waals surface area (Å²) in [5, 5.41) is 12.8. The van der Waals surface area contributed by atoms with E-state index in [4.69, 9.17) is 9.47 Å². The number of alkyl halides is 1. The number of hydrogen-bond donors (Lipinski definition) is 3. The number of aromatic carboxylic acids is 1. The van der Waals surface area contributed by atoms with Crippen LogP contribution in [0.15, 0.2) is 23.1 Å². The van der Waals surface area contributed by atoms with E-state index in [-0.39, 0.29) is 16.8 Å². The summed E-state index contributed by atoms with van der Waals surface area (Å²) in [6, 6.07) is 2.89. The number of carboxylic acids is 1. The lowest BCUT2D eigenvalue weighted by atomic mass is 9.96. The average Bonchev–Trinajstić information content (AvgIpc) is 3.68. The third-order valence-corrected chi connectivity index (χ3v) is 7.40. The molecule has 1 aromatic carbocycles. The number of halogens is 1. The first-order valence-electron chi connectivity index (χ1n) is 12.6. The summed E-state index contributed by atoms with van der Waals surface area (Å²) >= 11 is 0. The van der Waals surface area contributed by atoms with Crippen LogP contribution in [0.2, 0.25) is 0 Å². The summed E-state index contributed by atoms with van der Waals surface area (Å²) in [5.41, 5.74) is 2.19. The Kier molecular flexibility index (Phi) is 5.99. The number of fused-ring (bicyclic) bond motifs is 1. The molecule has 11 heteroatoms. The zero-order chi connectivity index (χ0) is 26.7. The highest BCUT2D eigenvalue weighted by molar-refractivity contribution is 5.97. The van der Waals surface area contributed by atoms with Gasteiger partial charge in [-0.25, -0.2) is 14.0 Å². The van der Waals surface area contributed by atoms with E-state index in [1.54, 1.807) is 12.1 Å². The molecule has 3 atom stereocenters. The van der Waals surface area contributed by atoms with Gasteiger partial charge >= 0.3 is 12.1 Å². The topological polar surface area (TPSA) is 122 Å². The second-order valence-electron chi connectivity index (χ2n) is 11.3. The monoisotopic (exact) mass is 516 g/mol. The van der Waals surface area contributed by atoms with Crippen LogP contribution in [0.4, 0.5) is 14.9 Å². The van der Waals surface area contributed by atoms with E-state index in [0.29, 0.717) is 30.8 Å². The normalized spacial score (nSPS) is 24.0. The highest BCUT2D eigenvalue weighted by atomic mass is 19.1. The van der Waals surface area contributed by atoms with Crippen molar-refractivity contribution in [2.24, 2.45) is 5.92 Å². The molecule has 0 spiro atoms. The number of benzene rings is 1. The molecule has 0 radical (unpaired) electrons. The Morgan fingerprint density at radius 1 is 1.24 bits per heavy atom. The number of carboxylic acid groups (broad SMARTS) is 1. The van der Waals surface area contributed by atoms with Crippen molar-refractivity contribution in [3.05, 3.63) is 34.1 Å². The number of amides is 1. The standard InChI is InChI=1S/C26H33FN4O6/c1-25(2,3)37-24(35)28-26(8-9-26)14-7-10-30(12-14)19-6-5-15-20(22(19)36-4)31(29-18-11-17(18)27)13-16(21(15)32)23(33)34/h5-6,13-14,17-18,29H,7-12H2,1-4H3,(H,28,35)(H,33,34). The zero-order valence-electron chi connectivity index (χ0n) is 21.5. The van der Waals surface area contributed by atoms with Crippen molar-refractivity contribution in [1.29, 1.82) is 0 Å². The predicted molar refractivity (Wildman–Crippen MR) is 136 cm³/mol. The molecule has 37 heavy (non-hydrogen) atoms. The number of carbonyl (C=O) groups is 2. The van der Waals surface area contributed by atoms with Gasteiger partial charge in [-0.15, -0.1) is 0 Å². The molecule has 2 aliphatic carbocycles.